The maximum absolute atomic E-state index is 12.1. The van der Waals surface area contributed by atoms with Crippen LogP contribution < -0.4 is 5.32 Å². The van der Waals surface area contributed by atoms with Crippen LogP contribution in [0.4, 0.5) is 0 Å². The molecule has 2 saturated carbocycles. The number of amides is 1. The van der Waals surface area contributed by atoms with Crippen molar-refractivity contribution in [2.75, 3.05) is 0 Å². The van der Waals surface area contributed by atoms with Crippen molar-refractivity contribution < 1.29 is 4.79 Å². The minimum atomic E-state index is 0.155. The summed E-state index contributed by atoms with van der Waals surface area (Å²) in [5.41, 5.74) is 1.07. The fourth-order valence-electron chi connectivity index (χ4n) is 4.11. The van der Waals surface area contributed by atoms with Gasteiger partial charge in [0, 0.05) is 10.5 Å². The van der Waals surface area contributed by atoms with Crippen LogP contribution in [0.3, 0.4) is 0 Å². The van der Waals surface area contributed by atoms with E-state index in [9.17, 15) is 4.79 Å². The van der Waals surface area contributed by atoms with Gasteiger partial charge in [0.2, 0.25) is 5.91 Å². The Morgan fingerprint density at radius 2 is 2.05 bits per heavy atom. The molecule has 2 fully saturated rings. The minimum absolute atomic E-state index is 0.155. The van der Waals surface area contributed by atoms with Crippen LogP contribution in [0.2, 0.25) is 0 Å². The summed E-state index contributed by atoms with van der Waals surface area (Å²) in [5, 5.41) is 3.22. The lowest BCUT2D eigenvalue weighted by Crippen LogP contribution is -2.40. The van der Waals surface area contributed by atoms with Crippen LogP contribution in [-0.2, 0) is 11.2 Å². The number of benzene rings is 1. The molecule has 1 aromatic rings. The number of halogens is 1. The molecular weight excluding hydrogens is 314 g/mol. The Morgan fingerprint density at radius 1 is 1.30 bits per heavy atom. The van der Waals surface area contributed by atoms with E-state index in [4.69, 9.17) is 0 Å². The summed E-state index contributed by atoms with van der Waals surface area (Å²) in [7, 11) is 0. The average molecular weight is 336 g/mol. The zero-order valence-electron chi connectivity index (χ0n) is 11.9. The van der Waals surface area contributed by atoms with Crippen LogP contribution in [0.5, 0.6) is 0 Å². The van der Waals surface area contributed by atoms with Gasteiger partial charge in [0.25, 0.3) is 0 Å². The summed E-state index contributed by atoms with van der Waals surface area (Å²) in [6, 6.07) is 8.31. The van der Waals surface area contributed by atoms with Crippen LogP contribution in [0.1, 0.15) is 38.2 Å². The molecular formula is C17H22BrNO. The van der Waals surface area contributed by atoms with Gasteiger partial charge in [-0.25, -0.2) is 0 Å². The highest BCUT2D eigenvalue weighted by Gasteiger charge is 2.42. The lowest BCUT2D eigenvalue weighted by molar-refractivity contribution is -0.121. The van der Waals surface area contributed by atoms with Gasteiger partial charge in [-0.1, -0.05) is 34.5 Å². The molecule has 1 aromatic carbocycles. The largest absolute Gasteiger partial charge is 0.353 e. The maximum atomic E-state index is 12.1. The minimum Gasteiger partial charge on any atom is -0.353 e. The third kappa shape index (κ3) is 3.08. The van der Waals surface area contributed by atoms with Crippen LogP contribution in [0.15, 0.2) is 28.7 Å². The second-order valence-corrected chi connectivity index (χ2v) is 7.41. The summed E-state index contributed by atoms with van der Waals surface area (Å²) >= 11 is 3.41. The predicted molar refractivity (Wildman–Crippen MR) is 84.4 cm³/mol. The number of hydrogen-bond donors (Lipinski definition) is 1. The standard InChI is InChI=1S/C17H22BrNO/c1-11(16-9-13-2-5-14(16)8-13)19-17(20)10-12-3-6-15(18)7-4-12/h3-4,6-7,11,13-14,16H,2,5,8-10H2,1H3,(H,19,20)/t11-,13+,14+,16-/m1/s1. The molecule has 1 N–H and O–H groups in total. The van der Waals surface area contributed by atoms with Crippen molar-refractivity contribution in [3.8, 4) is 0 Å². The highest BCUT2D eigenvalue weighted by molar-refractivity contribution is 9.10. The number of rotatable bonds is 4. The molecule has 1 amide bonds. The van der Waals surface area contributed by atoms with E-state index in [1.54, 1.807) is 0 Å². The third-order valence-electron chi connectivity index (χ3n) is 5.10. The molecule has 2 aliphatic rings. The molecule has 20 heavy (non-hydrogen) atoms. The van der Waals surface area contributed by atoms with E-state index in [0.29, 0.717) is 18.4 Å². The Balaban J connectivity index is 1.52. The molecule has 0 aliphatic heterocycles. The Morgan fingerprint density at radius 3 is 2.65 bits per heavy atom. The topological polar surface area (TPSA) is 29.1 Å². The van der Waals surface area contributed by atoms with Crippen molar-refractivity contribution in [2.45, 2.75) is 45.1 Å². The van der Waals surface area contributed by atoms with Gasteiger partial charge in [-0.3, -0.25) is 4.79 Å². The first-order valence-electron chi connectivity index (χ1n) is 7.65. The van der Waals surface area contributed by atoms with Crippen molar-refractivity contribution in [2.24, 2.45) is 17.8 Å². The van der Waals surface area contributed by atoms with Gasteiger partial charge in [0.05, 0.1) is 6.42 Å². The molecule has 0 unspecified atom stereocenters. The fraction of sp³-hybridized carbons (Fsp3) is 0.588. The van der Waals surface area contributed by atoms with E-state index >= 15 is 0 Å². The van der Waals surface area contributed by atoms with E-state index < -0.39 is 0 Å². The lowest BCUT2D eigenvalue weighted by atomic mass is 9.84. The second kappa shape index (κ2) is 5.88. The Kier molecular flexibility index (Phi) is 4.16. The molecule has 2 nitrogen and oxygen atoms in total. The number of hydrogen-bond acceptors (Lipinski definition) is 1. The van der Waals surface area contributed by atoms with Gasteiger partial charge in [0.1, 0.15) is 0 Å². The van der Waals surface area contributed by atoms with Crippen LogP contribution >= 0.6 is 15.9 Å². The Bertz CT molecular complexity index is 484. The number of nitrogens with one attached hydrogen (secondary N) is 1. The van der Waals surface area contributed by atoms with Gasteiger partial charge < -0.3 is 5.32 Å². The van der Waals surface area contributed by atoms with Gasteiger partial charge in [-0.15, -0.1) is 0 Å². The Labute approximate surface area is 129 Å². The molecule has 0 aromatic heterocycles. The first-order valence-corrected chi connectivity index (χ1v) is 8.45. The Hall–Kier alpha value is -0.830. The smallest absolute Gasteiger partial charge is 0.224 e. The highest BCUT2D eigenvalue weighted by atomic mass is 79.9. The summed E-state index contributed by atoms with van der Waals surface area (Å²) in [5.74, 6) is 2.67. The molecule has 3 rings (SSSR count). The van der Waals surface area contributed by atoms with Crippen LogP contribution in [-0.4, -0.2) is 11.9 Å². The van der Waals surface area contributed by atoms with E-state index in [2.05, 4.69) is 28.2 Å². The lowest BCUT2D eigenvalue weighted by Gasteiger charge is -2.28. The maximum Gasteiger partial charge on any atom is 0.224 e. The van der Waals surface area contributed by atoms with E-state index in [-0.39, 0.29) is 5.91 Å². The molecule has 108 valence electrons. The average Bonchev–Trinajstić information content (AvgIpc) is 3.03. The molecule has 2 bridgehead atoms. The monoisotopic (exact) mass is 335 g/mol. The number of carbonyl (C=O) groups is 1. The summed E-state index contributed by atoms with van der Waals surface area (Å²) < 4.78 is 1.05. The number of carbonyl (C=O) groups excluding carboxylic acids is 1. The van der Waals surface area contributed by atoms with Crippen molar-refractivity contribution in [3.63, 3.8) is 0 Å². The van der Waals surface area contributed by atoms with Crippen LogP contribution in [0, 0.1) is 17.8 Å². The fourth-order valence-corrected chi connectivity index (χ4v) is 4.37. The first-order chi connectivity index (χ1) is 9.61. The van der Waals surface area contributed by atoms with Gasteiger partial charge in [0.15, 0.2) is 0 Å². The second-order valence-electron chi connectivity index (χ2n) is 6.50. The molecule has 4 atom stereocenters. The summed E-state index contributed by atoms with van der Waals surface area (Å²) in [6.07, 6.45) is 6.00. The van der Waals surface area contributed by atoms with Crippen molar-refractivity contribution >= 4 is 21.8 Å². The quantitative estimate of drug-likeness (QED) is 0.887. The molecule has 0 radical (unpaired) electrons. The van der Waals surface area contributed by atoms with E-state index in [1.165, 1.54) is 25.7 Å². The zero-order chi connectivity index (χ0) is 14.1. The molecule has 3 heteroatoms. The normalized spacial score (nSPS) is 29.4. The zero-order valence-corrected chi connectivity index (χ0v) is 13.5. The third-order valence-corrected chi connectivity index (χ3v) is 5.63. The predicted octanol–water partition coefficient (Wildman–Crippen LogP) is 3.93. The van der Waals surface area contributed by atoms with Crippen LogP contribution in [0.25, 0.3) is 0 Å². The summed E-state index contributed by atoms with van der Waals surface area (Å²) in [4.78, 5) is 12.1. The molecule has 0 spiro atoms. The van der Waals surface area contributed by atoms with Crippen molar-refractivity contribution in [3.05, 3.63) is 34.3 Å². The number of fused-ring (bicyclic) bond motifs is 2. The van der Waals surface area contributed by atoms with Crippen molar-refractivity contribution in [1.29, 1.82) is 0 Å². The highest BCUT2D eigenvalue weighted by Crippen LogP contribution is 2.49. The molecule has 2 aliphatic carbocycles. The van der Waals surface area contributed by atoms with Gasteiger partial charge >= 0.3 is 0 Å². The molecule has 0 saturated heterocycles. The van der Waals surface area contributed by atoms with E-state index in [1.807, 2.05) is 24.3 Å². The first kappa shape index (κ1) is 14.1. The van der Waals surface area contributed by atoms with Gasteiger partial charge in [-0.2, -0.15) is 0 Å². The SMILES string of the molecule is C[C@@H](NC(=O)Cc1ccc(Br)cc1)[C@H]1C[C@H]2CC[C@H]1C2. The summed E-state index contributed by atoms with van der Waals surface area (Å²) in [6.45, 7) is 2.19. The van der Waals surface area contributed by atoms with Crippen molar-refractivity contribution in [1.82, 2.24) is 5.32 Å². The molecule has 0 heterocycles. The van der Waals surface area contributed by atoms with E-state index in [0.717, 1.165) is 21.9 Å². The van der Waals surface area contributed by atoms with Gasteiger partial charge in [-0.05, 0) is 61.6 Å².